The number of rotatable bonds is 10. The van der Waals surface area contributed by atoms with Crippen molar-refractivity contribution in [2.45, 2.75) is 24.8 Å². The van der Waals surface area contributed by atoms with Crippen molar-refractivity contribution in [1.29, 1.82) is 0 Å². The fourth-order valence-electron chi connectivity index (χ4n) is 5.65. The minimum absolute atomic E-state index is 0.00332. The normalized spacial score (nSPS) is 15.9. The lowest BCUT2D eigenvalue weighted by molar-refractivity contribution is -0.153. The smallest absolute Gasteiger partial charge is 0.534 e. The molecule has 17 nitrogen and oxygen atoms in total. The number of phenols is 3. The Labute approximate surface area is 307 Å². The standard InChI is InChI=1S/C32H28BClF3N5O12/c34-22-15(12-18(37)24(44)25(22)45)23(28(47)39-20-11-13-2-5-17(36)21(31(50)51)26(13)54-33(20)53)40-32(52)42-9-8-41(29(48)30(42)49)7-1-6-38-27(46)14-3-4-16(35)19(43)10-14/h2-5,10,12,20,23,43-45,53H,1,6-9,11H2,(H,38,46)(H,39,47)(H,40,52)(H,50,51)/t20-,23?/m0/s1. The molecule has 2 atom stereocenters. The maximum absolute atomic E-state index is 14.6. The van der Waals surface area contributed by atoms with Crippen LogP contribution in [0, 0.1) is 17.5 Å². The average molecular weight is 778 g/mol. The molecular weight excluding hydrogens is 750 g/mol. The molecule has 0 aromatic heterocycles. The Morgan fingerprint density at radius 1 is 0.963 bits per heavy atom. The van der Waals surface area contributed by atoms with Crippen LogP contribution in [-0.4, -0.2) is 110 Å². The van der Waals surface area contributed by atoms with E-state index < -0.39 is 118 Å². The van der Waals surface area contributed by atoms with Crippen molar-refractivity contribution in [2.75, 3.05) is 26.2 Å². The van der Waals surface area contributed by atoms with Gasteiger partial charge in [0.05, 0.1) is 11.0 Å². The van der Waals surface area contributed by atoms with E-state index in [0.29, 0.717) is 11.0 Å². The second-order valence-electron chi connectivity index (χ2n) is 11.9. The maximum atomic E-state index is 14.6. The Balaban J connectivity index is 1.27. The summed E-state index contributed by atoms with van der Waals surface area (Å²) in [6.45, 7) is -0.675. The summed E-state index contributed by atoms with van der Waals surface area (Å²) in [5, 5.41) is 55.6. The molecule has 1 saturated heterocycles. The van der Waals surface area contributed by atoms with Crippen LogP contribution < -0.4 is 20.6 Å². The number of aromatic carboxylic acids is 1. The van der Waals surface area contributed by atoms with Gasteiger partial charge >= 0.3 is 30.9 Å². The summed E-state index contributed by atoms with van der Waals surface area (Å²) in [6, 6.07) is 1.99. The molecule has 2 aliphatic rings. The molecule has 0 aliphatic carbocycles. The number of fused-ring (bicyclic) bond motifs is 1. The number of phenolic OH excluding ortho intramolecular Hbond substituents is 3. The van der Waals surface area contributed by atoms with Crippen LogP contribution in [-0.2, 0) is 20.8 Å². The third kappa shape index (κ3) is 7.90. The van der Waals surface area contributed by atoms with Crippen LogP contribution in [0.3, 0.4) is 0 Å². The van der Waals surface area contributed by atoms with Crippen molar-refractivity contribution in [3.8, 4) is 23.0 Å². The number of hydrogen-bond donors (Lipinski definition) is 8. The second kappa shape index (κ2) is 15.8. The highest BCUT2D eigenvalue weighted by atomic mass is 35.5. The topological polar surface area (TPSA) is 255 Å². The quantitative estimate of drug-likeness (QED) is 0.0620. The van der Waals surface area contributed by atoms with Crippen molar-refractivity contribution < 1.29 is 72.0 Å². The molecule has 0 spiro atoms. The Kier molecular flexibility index (Phi) is 11.4. The Hall–Kier alpha value is -6.22. The number of carboxylic acids is 1. The van der Waals surface area contributed by atoms with Gasteiger partial charge in [-0.15, -0.1) is 0 Å². The summed E-state index contributed by atoms with van der Waals surface area (Å²) in [7, 11) is -1.99. The minimum atomic E-state index is -2.09. The van der Waals surface area contributed by atoms with Gasteiger partial charge in [0.1, 0.15) is 23.2 Å². The number of piperazine rings is 1. The van der Waals surface area contributed by atoms with E-state index in [9.17, 15) is 67.4 Å². The zero-order valence-corrected chi connectivity index (χ0v) is 28.2. The van der Waals surface area contributed by atoms with Gasteiger partial charge in [0, 0.05) is 37.3 Å². The Morgan fingerprint density at radius 3 is 2.35 bits per heavy atom. The summed E-state index contributed by atoms with van der Waals surface area (Å²) in [6.07, 6.45) is -0.213. The van der Waals surface area contributed by atoms with Gasteiger partial charge in [-0.3, -0.25) is 24.1 Å². The number of aromatic hydroxyl groups is 3. The molecule has 2 heterocycles. The molecule has 0 bridgehead atoms. The first-order valence-electron chi connectivity index (χ1n) is 15.8. The monoisotopic (exact) mass is 777 g/mol. The number of carbonyl (C=O) groups is 6. The fourth-order valence-corrected chi connectivity index (χ4v) is 5.91. The van der Waals surface area contributed by atoms with Crippen LogP contribution in [0.15, 0.2) is 36.4 Å². The van der Waals surface area contributed by atoms with Crippen LogP contribution in [0.25, 0.3) is 0 Å². The van der Waals surface area contributed by atoms with Crippen molar-refractivity contribution in [2.24, 2.45) is 0 Å². The summed E-state index contributed by atoms with van der Waals surface area (Å²) < 4.78 is 47.3. The van der Waals surface area contributed by atoms with E-state index in [1.807, 2.05) is 0 Å². The lowest BCUT2D eigenvalue weighted by Crippen LogP contribution is -2.60. The number of nitrogens with zero attached hydrogens (tertiary/aromatic N) is 2. The van der Waals surface area contributed by atoms with E-state index in [1.54, 1.807) is 0 Å². The van der Waals surface area contributed by atoms with Gasteiger partial charge in [-0.25, -0.2) is 22.8 Å². The number of carboxylic acid groups (broad SMARTS) is 1. The van der Waals surface area contributed by atoms with Crippen molar-refractivity contribution in [3.05, 3.63) is 81.1 Å². The minimum Gasteiger partial charge on any atom is -0.534 e. The molecule has 3 aromatic rings. The third-order valence-corrected chi connectivity index (χ3v) is 8.84. The molecule has 5 rings (SSSR count). The van der Waals surface area contributed by atoms with E-state index in [1.165, 1.54) is 0 Å². The van der Waals surface area contributed by atoms with Crippen molar-refractivity contribution in [1.82, 2.24) is 25.8 Å². The lowest BCUT2D eigenvalue weighted by Gasteiger charge is -2.34. The molecule has 0 radical (unpaired) electrons. The SMILES string of the molecule is O=C(NCCCN1CCN(C(=O)NC(C(=O)N[C@H]2Cc3ccc(F)c(C(=O)O)c3OB2O)c2cc(F)c(O)c(O)c2Cl)C(=O)C1=O)c1ccc(F)c(O)c1. The molecule has 0 saturated carbocycles. The zero-order chi connectivity index (χ0) is 39.6. The summed E-state index contributed by atoms with van der Waals surface area (Å²) in [5.74, 6) is -14.8. The molecule has 22 heteroatoms. The third-order valence-electron chi connectivity index (χ3n) is 8.44. The van der Waals surface area contributed by atoms with Gasteiger partial charge in [0.2, 0.25) is 5.91 Å². The number of halogens is 4. The molecule has 1 fully saturated rings. The summed E-state index contributed by atoms with van der Waals surface area (Å²) in [4.78, 5) is 78.4. The molecule has 8 N–H and O–H groups in total. The largest absolute Gasteiger partial charge is 0.547 e. The van der Waals surface area contributed by atoms with Crippen LogP contribution in [0.1, 0.15) is 44.3 Å². The molecule has 54 heavy (non-hydrogen) atoms. The van der Waals surface area contributed by atoms with Gasteiger partial charge < -0.3 is 51.0 Å². The first-order chi connectivity index (χ1) is 25.5. The average Bonchev–Trinajstić information content (AvgIpc) is 3.12. The van der Waals surface area contributed by atoms with Crippen LogP contribution >= 0.6 is 11.6 Å². The van der Waals surface area contributed by atoms with Gasteiger partial charge in [-0.05, 0) is 48.7 Å². The number of amides is 6. The number of urea groups is 1. The van der Waals surface area contributed by atoms with Gasteiger partial charge in [0.15, 0.2) is 28.9 Å². The highest BCUT2D eigenvalue weighted by Crippen LogP contribution is 2.40. The molecule has 3 aromatic carbocycles. The second-order valence-corrected chi connectivity index (χ2v) is 12.3. The first-order valence-corrected chi connectivity index (χ1v) is 16.2. The number of hydrogen-bond acceptors (Lipinski definition) is 11. The molecule has 2 aliphatic heterocycles. The highest BCUT2D eigenvalue weighted by molar-refractivity contribution is 6.47. The molecule has 284 valence electrons. The summed E-state index contributed by atoms with van der Waals surface area (Å²) >= 11 is 6.11. The van der Waals surface area contributed by atoms with Gasteiger partial charge in [-0.2, -0.15) is 0 Å². The number of nitrogens with one attached hydrogen (secondary N) is 3. The van der Waals surface area contributed by atoms with Gasteiger partial charge in [0.25, 0.3) is 5.91 Å². The number of imide groups is 1. The lowest BCUT2D eigenvalue weighted by atomic mass is 9.72. The van der Waals surface area contributed by atoms with E-state index in [2.05, 4.69) is 16.0 Å². The maximum Gasteiger partial charge on any atom is 0.547 e. The van der Waals surface area contributed by atoms with Crippen molar-refractivity contribution >= 4 is 54.3 Å². The zero-order valence-electron chi connectivity index (χ0n) is 27.4. The first kappa shape index (κ1) is 39.0. The van der Waals surface area contributed by atoms with E-state index >= 15 is 0 Å². The van der Waals surface area contributed by atoms with E-state index in [0.717, 1.165) is 35.2 Å². The number of carbonyl (C=O) groups excluding carboxylic acids is 5. The Morgan fingerprint density at radius 2 is 1.67 bits per heavy atom. The van der Waals surface area contributed by atoms with Crippen molar-refractivity contribution in [3.63, 3.8) is 0 Å². The molecule has 6 amide bonds. The van der Waals surface area contributed by atoms with E-state index in [4.69, 9.17) is 16.3 Å². The fraction of sp³-hybridized carbons (Fsp3) is 0.250. The summed E-state index contributed by atoms with van der Waals surface area (Å²) in [5.41, 5.74) is -1.50. The molecular formula is C32H28BClF3N5O12. The van der Waals surface area contributed by atoms with Gasteiger partial charge in [-0.1, -0.05) is 17.7 Å². The predicted molar refractivity (Wildman–Crippen MR) is 177 cm³/mol. The van der Waals surface area contributed by atoms with Crippen LogP contribution in [0.2, 0.25) is 5.02 Å². The highest BCUT2D eigenvalue weighted by Gasteiger charge is 2.42. The van der Waals surface area contributed by atoms with E-state index in [-0.39, 0.29) is 43.6 Å². The predicted octanol–water partition coefficient (Wildman–Crippen LogP) is 0.954. The van der Waals surface area contributed by atoms with Crippen LogP contribution in [0.4, 0.5) is 18.0 Å². The number of benzene rings is 3. The van der Waals surface area contributed by atoms with Crippen LogP contribution in [0.5, 0.6) is 23.0 Å². The molecule has 1 unspecified atom stereocenters. The Bertz CT molecular complexity index is 2080.